The number of halogens is 1. The minimum atomic E-state index is -0.183. The molecule has 0 saturated carbocycles. The first-order valence-corrected chi connectivity index (χ1v) is 6.39. The minimum Gasteiger partial charge on any atom is -0.462 e. The van der Waals surface area contributed by atoms with E-state index in [1.54, 1.807) is 0 Å². The molecule has 0 N–H and O–H groups in total. The molecule has 94 valence electrons. The Morgan fingerprint density at radius 2 is 2.18 bits per heavy atom. The molecule has 1 rings (SSSR count). The molecule has 0 aliphatic heterocycles. The third-order valence-corrected chi connectivity index (χ3v) is 2.60. The van der Waals surface area contributed by atoms with E-state index < -0.39 is 0 Å². The molecule has 0 spiro atoms. The fourth-order valence-electron chi connectivity index (χ4n) is 1.52. The molecular formula is C13H18BrNO2. The summed E-state index contributed by atoms with van der Waals surface area (Å²) >= 11 is 3.43. The van der Waals surface area contributed by atoms with Crippen LogP contribution < -0.4 is 0 Å². The van der Waals surface area contributed by atoms with E-state index in [0.29, 0.717) is 6.54 Å². The lowest BCUT2D eigenvalue weighted by Crippen LogP contribution is -2.28. The number of esters is 1. The summed E-state index contributed by atoms with van der Waals surface area (Å²) in [5.41, 5.74) is 1.17. The van der Waals surface area contributed by atoms with E-state index in [9.17, 15) is 4.79 Å². The van der Waals surface area contributed by atoms with Crippen molar-refractivity contribution >= 4 is 21.9 Å². The largest absolute Gasteiger partial charge is 0.462 e. The fourth-order valence-corrected chi connectivity index (χ4v) is 1.97. The average molecular weight is 300 g/mol. The van der Waals surface area contributed by atoms with Crippen LogP contribution in [0.2, 0.25) is 0 Å². The minimum absolute atomic E-state index is 0.0539. The van der Waals surface area contributed by atoms with Crippen molar-refractivity contribution in [1.29, 1.82) is 0 Å². The topological polar surface area (TPSA) is 29.5 Å². The van der Waals surface area contributed by atoms with Crippen LogP contribution in [0.4, 0.5) is 0 Å². The van der Waals surface area contributed by atoms with E-state index in [4.69, 9.17) is 4.74 Å². The van der Waals surface area contributed by atoms with Gasteiger partial charge in [0.1, 0.15) is 0 Å². The van der Waals surface area contributed by atoms with Crippen molar-refractivity contribution < 1.29 is 9.53 Å². The van der Waals surface area contributed by atoms with Crippen molar-refractivity contribution in [2.45, 2.75) is 26.5 Å². The van der Waals surface area contributed by atoms with Crippen LogP contribution in [-0.2, 0) is 16.1 Å². The normalized spacial score (nSPS) is 10.9. The Morgan fingerprint density at radius 3 is 2.76 bits per heavy atom. The highest BCUT2D eigenvalue weighted by Crippen LogP contribution is 2.12. The van der Waals surface area contributed by atoms with Gasteiger partial charge in [0.15, 0.2) is 0 Å². The number of carbonyl (C=O) groups is 1. The van der Waals surface area contributed by atoms with Gasteiger partial charge in [0.05, 0.1) is 12.6 Å². The summed E-state index contributed by atoms with van der Waals surface area (Å²) < 4.78 is 6.14. The highest BCUT2D eigenvalue weighted by Gasteiger charge is 2.09. The quantitative estimate of drug-likeness (QED) is 0.783. The summed E-state index contributed by atoms with van der Waals surface area (Å²) in [5.74, 6) is -0.183. The van der Waals surface area contributed by atoms with Crippen LogP contribution in [0.3, 0.4) is 0 Å². The van der Waals surface area contributed by atoms with E-state index in [2.05, 4.69) is 15.9 Å². The summed E-state index contributed by atoms with van der Waals surface area (Å²) in [6, 6.07) is 8.05. The van der Waals surface area contributed by atoms with Crippen LogP contribution >= 0.6 is 15.9 Å². The second-order valence-corrected chi connectivity index (χ2v) is 5.26. The zero-order chi connectivity index (χ0) is 12.8. The maximum absolute atomic E-state index is 11.4. The van der Waals surface area contributed by atoms with E-state index in [1.807, 2.05) is 50.1 Å². The van der Waals surface area contributed by atoms with Gasteiger partial charge in [0.2, 0.25) is 0 Å². The lowest BCUT2D eigenvalue weighted by Gasteiger charge is -2.17. The number of benzene rings is 1. The van der Waals surface area contributed by atoms with Gasteiger partial charge in [-0.15, -0.1) is 0 Å². The third-order valence-electron chi connectivity index (χ3n) is 2.11. The molecule has 0 aromatic heterocycles. The van der Waals surface area contributed by atoms with E-state index in [1.165, 1.54) is 5.56 Å². The standard InChI is InChI=1S/C13H18BrNO2/c1-10(2)17-13(16)9-15(3)8-11-5-4-6-12(14)7-11/h4-7,10H,8-9H2,1-3H3. The molecule has 0 atom stereocenters. The van der Waals surface area contributed by atoms with Crippen LogP contribution in [0.5, 0.6) is 0 Å². The Bertz CT molecular complexity index is 379. The van der Waals surface area contributed by atoms with Crippen molar-refractivity contribution in [3.63, 3.8) is 0 Å². The lowest BCUT2D eigenvalue weighted by molar-refractivity contribution is -0.148. The Balaban J connectivity index is 2.44. The number of carbonyl (C=O) groups excluding carboxylic acids is 1. The van der Waals surface area contributed by atoms with Gasteiger partial charge >= 0.3 is 5.97 Å². The van der Waals surface area contributed by atoms with Crippen molar-refractivity contribution in [3.05, 3.63) is 34.3 Å². The summed E-state index contributed by atoms with van der Waals surface area (Å²) in [6.07, 6.45) is -0.0539. The lowest BCUT2D eigenvalue weighted by atomic mass is 10.2. The molecule has 0 saturated heterocycles. The van der Waals surface area contributed by atoms with Gasteiger partial charge in [0, 0.05) is 11.0 Å². The summed E-state index contributed by atoms with van der Waals surface area (Å²) in [7, 11) is 1.91. The Morgan fingerprint density at radius 1 is 1.47 bits per heavy atom. The van der Waals surface area contributed by atoms with Gasteiger partial charge in [-0.1, -0.05) is 28.1 Å². The van der Waals surface area contributed by atoms with E-state index in [0.717, 1.165) is 11.0 Å². The first-order valence-electron chi connectivity index (χ1n) is 5.60. The van der Waals surface area contributed by atoms with Gasteiger partial charge in [-0.2, -0.15) is 0 Å². The number of ether oxygens (including phenoxy) is 1. The third kappa shape index (κ3) is 5.84. The smallest absolute Gasteiger partial charge is 0.320 e. The van der Waals surface area contributed by atoms with E-state index in [-0.39, 0.29) is 12.1 Å². The summed E-state index contributed by atoms with van der Waals surface area (Å²) in [4.78, 5) is 13.4. The van der Waals surface area contributed by atoms with Gasteiger partial charge < -0.3 is 4.74 Å². The molecule has 4 heteroatoms. The highest BCUT2D eigenvalue weighted by molar-refractivity contribution is 9.10. The van der Waals surface area contributed by atoms with Crippen LogP contribution in [0, 0.1) is 0 Å². The number of likely N-dealkylation sites (N-methyl/N-ethyl adjacent to an activating group) is 1. The van der Waals surface area contributed by atoms with Gasteiger partial charge in [-0.05, 0) is 38.6 Å². The summed E-state index contributed by atoms with van der Waals surface area (Å²) in [6.45, 7) is 4.75. The molecule has 0 aliphatic carbocycles. The molecule has 0 radical (unpaired) electrons. The van der Waals surface area contributed by atoms with E-state index >= 15 is 0 Å². The molecule has 3 nitrogen and oxygen atoms in total. The Labute approximate surface area is 111 Å². The van der Waals surface area contributed by atoms with Crippen LogP contribution in [0.15, 0.2) is 28.7 Å². The second-order valence-electron chi connectivity index (χ2n) is 4.34. The van der Waals surface area contributed by atoms with Gasteiger partial charge in [-0.25, -0.2) is 0 Å². The fraction of sp³-hybridized carbons (Fsp3) is 0.462. The zero-order valence-corrected chi connectivity index (χ0v) is 12.0. The van der Waals surface area contributed by atoms with Crippen molar-refractivity contribution in [2.75, 3.05) is 13.6 Å². The Kier molecular flexibility index (Phi) is 5.65. The molecule has 0 fully saturated rings. The van der Waals surface area contributed by atoms with Crippen molar-refractivity contribution in [3.8, 4) is 0 Å². The maximum atomic E-state index is 11.4. The molecule has 1 aromatic carbocycles. The SMILES string of the molecule is CC(C)OC(=O)CN(C)Cc1cccc(Br)c1. The number of hydrogen-bond donors (Lipinski definition) is 0. The Hall–Kier alpha value is -0.870. The zero-order valence-electron chi connectivity index (χ0n) is 10.4. The van der Waals surface area contributed by atoms with Crippen LogP contribution in [0.1, 0.15) is 19.4 Å². The summed E-state index contributed by atoms with van der Waals surface area (Å²) in [5, 5.41) is 0. The van der Waals surface area contributed by atoms with Crippen molar-refractivity contribution in [1.82, 2.24) is 4.90 Å². The molecular weight excluding hydrogens is 282 g/mol. The number of rotatable bonds is 5. The predicted molar refractivity (Wildman–Crippen MR) is 71.7 cm³/mol. The number of hydrogen-bond acceptors (Lipinski definition) is 3. The van der Waals surface area contributed by atoms with Gasteiger partial charge in [-0.3, -0.25) is 9.69 Å². The predicted octanol–water partition coefficient (Wildman–Crippen LogP) is 2.83. The molecule has 0 aliphatic rings. The highest BCUT2D eigenvalue weighted by atomic mass is 79.9. The molecule has 1 aromatic rings. The second kappa shape index (κ2) is 6.77. The molecule has 0 unspecified atom stereocenters. The maximum Gasteiger partial charge on any atom is 0.320 e. The monoisotopic (exact) mass is 299 g/mol. The molecule has 0 heterocycles. The molecule has 0 bridgehead atoms. The molecule has 17 heavy (non-hydrogen) atoms. The average Bonchev–Trinajstić information content (AvgIpc) is 2.14. The van der Waals surface area contributed by atoms with Crippen LogP contribution in [0.25, 0.3) is 0 Å². The molecule has 0 amide bonds. The number of nitrogens with zero attached hydrogens (tertiary/aromatic N) is 1. The first-order chi connectivity index (χ1) is 7.97. The van der Waals surface area contributed by atoms with Crippen LogP contribution in [-0.4, -0.2) is 30.6 Å². The van der Waals surface area contributed by atoms with Crippen molar-refractivity contribution in [2.24, 2.45) is 0 Å². The van der Waals surface area contributed by atoms with Gasteiger partial charge in [0.25, 0.3) is 0 Å². The first kappa shape index (κ1) is 14.2.